The maximum atomic E-state index is 11.8. The van der Waals surface area contributed by atoms with E-state index in [0.29, 0.717) is 17.7 Å². The minimum absolute atomic E-state index is 0.301. The lowest BCUT2D eigenvalue weighted by Crippen LogP contribution is -2.28. The summed E-state index contributed by atoms with van der Waals surface area (Å²) in [6.07, 6.45) is 0. The van der Waals surface area contributed by atoms with Crippen LogP contribution < -0.4 is 5.32 Å². The van der Waals surface area contributed by atoms with Crippen molar-refractivity contribution in [1.82, 2.24) is 5.32 Å². The number of hydrogen-bond acceptors (Lipinski definition) is 4. The Bertz CT molecular complexity index is 746. The molecule has 0 aliphatic heterocycles. The minimum Gasteiger partial charge on any atom is -0.452 e. The van der Waals surface area contributed by atoms with E-state index in [9.17, 15) is 9.59 Å². The van der Waals surface area contributed by atoms with Crippen molar-refractivity contribution in [3.05, 3.63) is 70.8 Å². The molecule has 0 radical (unpaired) electrons. The van der Waals surface area contributed by atoms with Crippen molar-refractivity contribution in [2.24, 2.45) is 0 Å². The highest BCUT2D eigenvalue weighted by atomic mass is 16.5. The van der Waals surface area contributed by atoms with Crippen LogP contribution in [0, 0.1) is 18.3 Å². The molecule has 2 aromatic carbocycles. The molecule has 0 saturated heterocycles. The quantitative estimate of drug-likeness (QED) is 0.860. The van der Waals surface area contributed by atoms with Gasteiger partial charge in [0.05, 0.1) is 17.2 Å². The molecule has 2 rings (SSSR count). The Kier molecular flexibility index (Phi) is 5.48. The Morgan fingerprint density at radius 3 is 2.57 bits per heavy atom. The fourth-order valence-corrected chi connectivity index (χ4v) is 1.97. The van der Waals surface area contributed by atoms with Gasteiger partial charge in [-0.25, -0.2) is 4.79 Å². The predicted molar refractivity (Wildman–Crippen MR) is 84.5 cm³/mol. The lowest BCUT2D eigenvalue weighted by atomic mass is 10.1. The number of rotatable bonds is 5. The molecule has 5 heteroatoms. The lowest BCUT2D eigenvalue weighted by molar-refractivity contribution is -0.124. The third-order valence-corrected chi connectivity index (χ3v) is 3.16. The molecule has 0 saturated carbocycles. The van der Waals surface area contributed by atoms with E-state index in [1.54, 1.807) is 0 Å². The van der Waals surface area contributed by atoms with Crippen LogP contribution in [0.3, 0.4) is 0 Å². The summed E-state index contributed by atoms with van der Waals surface area (Å²) in [4.78, 5) is 23.5. The summed E-state index contributed by atoms with van der Waals surface area (Å²) in [5.74, 6) is -0.964. The van der Waals surface area contributed by atoms with E-state index in [4.69, 9.17) is 10.00 Å². The Morgan fingerprint density at radius 2 is 1.91 bits per heavy atom. The molecule has 0 unspecified atom stereocenters. The summed E-state index contributed by atoms with van der Waals surface area (Å²) in [6.45, 7) is 2.02. The van der Waals surface area contributed by atoms with Crippen LogP contribution in [-0.4, -0.2) is 18.5 Å². The summed E-state index contributed by atoms with van der Waals surface area (Å²) in [7, 11) is 0. The van der Waals surface area contributed by atoms with Gasteiger partial charge in [-0.15, -0.1) is 0 Å². The number of carbonyl (C=O) groups excluding carboxylic acids is 2. The van der Waals surface area contributed by atoms with Crippen LogP contribution in [0.4, 0.5) is 0 Å². The number of esters is 1. The number of nitrogens with zero attached hydrogens (tertiary/aromatic N) is 1. The van der Waals surface area contributed by atoms with E-state index < -0.39 is 5.97 Å². The highest BCUT2D eigenvalue weighted by molar-refractivity contribution is 5.91. The topological polar surface area (TPSA) is 79.2 Å². The van der Waals surface area contributed by atoms with Gasteiger partial charge in [-0.2, -0.15) is 5.26 Å². The number of aryl methyl sites for hydroxylation is 1. The second-order valence-electron chi connectivity index (χ2n) is 5.03. The molecule has 0 aliphatic rings. The van der Waals surface area contributed by atoms with Gasteiger partial charge in [-0.05, 0) is 36.8 Å². The number of ether oxygens (including phenoxy) is 1. The van der Waals surface area contributed by atoms with E-state index in [0.717, 1.165) is 11.1 Å². The molecular formula is C18H16N2O3. The first-order valence-electron chi connectivity index (χ1n) is 7.08. The van der Waals surface area contributed by atoms with Crippen LogP contribution in [0.5, 0.6) is 0 Å². The van der Waals surface area contributed by atoms with Crippen molar-refractivity contribution in [3.8, 4) is 6.07 Å². The smallest absolute Gasteiger partial charge is 0.338 e. The summed E-state index contributed by atoms with van der Waals surface area (Å²) in [5.41, 5.74) is 2.86. The lowest BCUT2D eigenvalue weighted by Gasteiger charge is -2.07. The van der Waals surface area contributed by atoms with Gasteiger partial charge in [0.25, 0.3) is 5.91 Å². The average Bonchev–Trinajstić information content (AvgIpc) is 2.58. The zero-order valence-electron chi connectivity index (χ0n) is 12.7. The maximum absolute atomic E-state index is 11.8. The molecule has 0 bridgehead atoms. The highest BCUT2D eigenvalue weighted by Gasteiger charge is 2.10. The van der Waals surface area contributed by atoms with Crippen LogP contribution in [0.2, 0.25) is 0 Å². The molecule has 0 spiro atoms. The van der Waals surface area contributed by atoms with Crippen LogP contribution in [0.15, 0.2) is 48.5 Å². The molecule has 0 aromatic heterocycles. The molecule has 0 heterocycles. The normalized spacial score (nSPS) is 9.74. The molecular weight excluding hydrogens is 292 g/mol. The van der Waals surface area contributed by atoms with Crippen molar-refractivity contribution >= 4 is 11.9 Å². The molecule has 2 aromatic rings. The fraction of sp³-hybridized carbons (Fsp3) is 0.167. The first-order chi connectivity index (χ1) is 11.1. The largest absolute Gasteiger partial charge is 0.452 e. The molecule has 0 fully saturated rings. The average molecular weight is 308 g/mol. The molecule has 23 heavy (non-hydrogen) atoms. The monoisotopic (exact) mass is 308 g/mol. The van der Waals surface area contributed by atoms with Gasteiger partial charge in [0.15, 0.2) is 6.61 Å². The first-order valence-corrected chi connectivity index (χ1v) is 7.08. The van der Waals surface area contributed by atoms with E-state index in [1.165, 1.54) is 24.3 Å². The van der Waals surface area contributed by atoms with Crippen molar-refractivity contribution in [2.45, 2.75) is 13.5 Å². The van der Waals surface area contributed by atoms with E-state index in [-0.39, 0.29) is 12.5 Å². The van der Waals surface area contributed by atoms with Crippen molar-refractivity contribution in [1.29, 1.82) is 5.26 Å². The number of nitrogens with one attached hydrogen (secondary N) is 1. The molecule has 116 valence electrons. The van der Waals surface area contributed by atoms with Crippen molar-refractivity contribution in [2.75, 3.05) is 6.61 Å². The van der Waals surface area contributed by atoms with Gasteiger partial charge >= 0.3 is 5.97 Å². The molecule has 1 N–H and O–H groups in total. The number of amides is 1. The zero-order valence-corrected chi connectivity index (χ0v) is 12.7. The second-order valence-corrected chi connectivity index (χ2v) is 5.03. The molecule has 5 nitrogen and oxygen atoms in total. The predicted octanol–water partition coefficient (Wildman–Crippen LogP) is 2.34. The Morgan fingerprint density at radius 1 is 1.17 bits per heavy atom. The molecule has 0 aliphatic carbocycles. The third-order valence-electron chi connectivity index (χ3n) is 3.16. The Hall–Kier alpha value is -3.13. The first kappa shape index (κ1) is 16.2. The van der Waals surface area contributed by atoms with E-state index in [1.807, 2.05) is 37.3 Å². The van der Waals surface area contributed by atoms with Gasteiger partial charge in [-0.3, -0.25) is 4.79 Å². The van der Waals surface area contributed by atoms with Crippen LogP contribution in [-0.2, 0) is 16.1 Å². The Balaban J connectivity index is 1.79. The Labute approximate surface area is 134 Å². The number of hydrogen-bond donors (Lipinski definition) is 1. The summed E-state index contributed by atoms with van der Waals surface area (Å²) in [5, 5.41) is 11.4. The summed E-state index contributed by atoms with van der Waals surface area (Å²) >= 11 is 0. The number of nitriles is 1. The van der Waals surface area contributed by atoms with Gasteiger partial charge < -0.3 is 10.1 Å². The fourth-order valence-electron chi connectivity index (χ4n) is 1.97. The van der Waals surface area contributed by atoms with Crippen LogP contribution in [0.25, 0.3) is 0 Å². The van der Waals surface area contributed by atoms with Gasteiger partial charge in [0.2, 0.25) is 0 Å². The van der Waals surface area contributed by atoms with Crippen LogP contribution >= 0.6 is 0 Å². The molecule has 1 amide bonds. The maximum Gasteiger partial charge on any atom is 0.338 e. The van der Waals surface area contributed by atoms with Crippen molar-refractivity contribution in [3.63, 3.8) is 0 Å². The van der Waals surface area contributed by atoms with E-state index >= 15 is 0 Å². The van der Waals surface area contributed by atoms with Crippen molar-refractivity contribution < 1.29 is 14.3 Å². The van der Waals surface area contributed by atoms with Gasteiger partial charge in [0.1, 0.15) is 0 Å². The number of carbonyl (C=O) groups is 2. The summed E-state index contributed by atoms with van der Waals surface area (Å²) < 4.78 is 4.94. The second kappa shape index (κ2) is 7.76. The highest BCUT2D eigenvalue weighted by Crippen LogP contribution is 2.05. The van der Waals surface area contributed by atoms with Crippen LogP contribution in [0.1, 0.15) is 27.0 Å². The standard InChI is InChI=1S/C18H16N2O3/c1-13-3-2-4-15(9-13)11-20-17(21)12-23-18(22)16-7-5-14(10-19)6-8-16/h2-9H,11-12H2,1H3,(H,20,21). The third kappa shape index (κ3) is 4.97. The van der Waals surface area contributed by atoms with Gasteiger partial charge in [-0.1, -0.05) is 29.8 Å². The zero-order chi connectivity index (χ0) is 16.7. The van der Waals surface area contributed by atoms with Gasteiger partial charge in [0, 0.05) is 6.54 Å². The summed E-state index contributed by atoms with van der Waals surface area (Å²) in [6, 6.07) is 15.8. The SMILES string of the molecule is Cc1cccc(CNC(=O)COC(=O)c2ccc(C#N)cc2)c1. The molecule has 0 atom stereocenters. The number of benzene rings is 2. The minimum atomic E-state index is -0.597. The van der Waals surface area contributed by atoms with E-state index in [2.05, 4.69) is 5.32 Å².